The molecule has 6 heteroatoms. The van der Waals surface area contributed by atoms with Gasteiger partial charge in [-0.25, -0.2) is 0 Å². The fourth-order valence-electron chi connectivity index (χ4n) is 4.03. The summed E-state index contributed by atoms with van der Waals surface area (Å²) in [5.74, 6) is 0. The van der Waals surface area contributed by atoms with Gasteiger partial charge in [0.15, 0.2) is 0 Å². The molecule has 2 aliphatic rings. The molecule has 2 unspecified atom stereocenters. The summed E-state index contributed by atoms with van der Waals surface area (Å²) in [7, 11) is 0. The molecule has 0 bridgehead atoms. The predicted octanol–water partition coefficient (Wildman–Crippen LogP) is 1.55. The lowest BCUT2D eigenvalue weighted by Crippen LogP contribution is -2.62. The summed E-state index contributed by atoms with van der Waals surface area (Å²) in [5.41, 5.74) is 2.74. The Hall–Kier alpha value is -2.10. The molecule has 1 aromatic carbocycles. The molecule has 2 atom stereocenters. The zero-order valence-corrected chi connectivity index (χ0v) is 15.7. The third-order valence-electron chi connectivity index (χ3n) is 5.47. The second-order valence-corrected chi connectivity index (χ2v) is 8.20. The van der Waals surface area contributed by atoms with Crippen molar-refractivity contribution in [1.82, 2.24) is 9.80 Å². The van der Waals surface area contributed by atoms with Gasteiger partial charge < -0.3 is 19.5 Å². The van der Waals surface area contributed by atoms with Crippen molar-refractivity contribution in [3.05, 3.63) is 34.9 Å². The highest BCUT2D eigenvalue weighted by Crippen LogP contribution is 2.32. The highest BCUT2D eigenvalue weighted by molar-refractivity contribution is 5.63. The second-order valence-electron chi connectivity index (χ2n) is 8.20. The summed E-state index contributed by atoms with van der Waals surface area (Å²) in [6.45, 7) is 9.25. The maximum absolute atomic E-state index is 11.5. The number of fused-ring (bicyclic) bond motifs is 1. The van der Waals surface area contributed by atoms with Crippen molar-refractivity contribution >= 4 is 6.09 Å². The van der Waals surface area contributed by atoms with Crippen molar-refractivity contribution in [3.63, 3.8) is 0 Å². The minimum atomic E-state index is -1.09. The first-order chi connectivity index (χ1) is 12.3. The van der Waals surface area contributed by atoms with E-state index in [1.807, 2.05) is 18.2 Å². The van der Waals surface area contributed by atoms with E-state index in [0.29, 0.717) is 32.8 Å². The molecular weight excluding hydrogens is 330 g/mol. The lowest BCUT2D eigenvalue weighted by molar-refractivity contribution is -0.272. The molecule has 1 aromatic rings. The van der Waals surface area contributed by atoms with Crippen LogP contribution in [0.25, 0.3) is 0 Å². The first-order valence-corrected chi connectivity index (χ1v) is 9.14. The third kappa shape index (κ3) is 3.69. The van der Waals surface area contributed by atoms with E-state index >= 15 is 0 Å². The van der Waals surface area contributed by atoms with Crippen LogP contribution in [0.1, 0.15) is 43.6 Å². The number of piperazine rings is 1. The molecule has 0 saturated carbocycles. The zero-order valence-electron chi connectivity index (χ0n) is 15.7. The molecule has 0 N–H and O–H groups in total. The van der Waals surface area contributed by atoms with Crippen molar-refractivity contribution in [3.8, 4) is 6.07 Å². The van der Waals surface area contributed by atoms with E-state index in [4.69, 9.17) is 4.74 Å². The van der Waals surface area contributed by atoms with Gasteiger partial charge in [-0.1, -0.05) is 32.9 Å². The third-order valence-corrected chi connectivity index (χ3v) is 5.47. The van der Waals surface area contributed by atoms with Crippen molar-refractivity contribution in [1.29, 1.82) is 5.26 Å². The number of carboxylic acid groups (broad SMARTS) is 1. The van der Waals surface area contributed by atoms with E-state index in [1.165, 1.54) is 4.90 Å². The summed E-state index contributed by atoms with van der Waals surface area (Å²) in [6.07, 6.45) is -0.414. The molecule has 1 amide bonds. The largest absolute Gasteiger partial charge is 0.530 e. The number of hydrogen-bond acceptors (Lipinski definition) is 5. The standard InChI is InChI=1S/C20H27N3O3/c1-20(2,3)18-13-22(8-9-23(18)19(24)25)12-17-16-6-4-5-14(11-21)15(16)7-10-26-17/h4-6,17-18H,7-10,12-13H2,1-3H3,(H,24,25)/p-1. The Kier molecular flexibility index (Phi) is 5.22. The number of rotatable bonds is 2. The van der Waals surface area contributed by atoms with Gasteiger partial charge >= 0.3 is 0 Å². The van der Waals surface area contributed by atoms with Crippen LogP contribution >= 0.6 is 0 Å². The SMILES string of the molecule is CC(C)(C)C1CN(CC2OCCc3c(C#N)cccc32)CCN1C(=O)[O-]. The Balaban J connectivity index is 1.77. The fourth-order valence-corrected chi connectivity index (χ4v) is 4.03. The lowest BCUT2D eigenvalue weighted by Gasteiger charge is -2.49. The van der Waals surface area contributed by atoms with Crippen LogP contribution in [0, 0.1) is 16.7 Å². The maximum atomic E-state index is 11.5. The normalized spacial score (nSPS) is 24.0. The van der Waals surface area contributed by atoms with Crippen LogP contribution in [0.4, 0.5) is 4.79 Å². The van der Waals surface area contributed by atoms with E-state index in [-0.39, 0.29) is 17.6 Å². The minimum absolute atomic E-state index is 0.0813. The first kappa shape index (κ1) is 18.7. The Morgan fingerprint density at radius 2 is 2.15 bits per heavy atom. The van der Waals surface area contributed by atoms with E-state index in [2.05, 4.69) is 31.7 Å². The zero-order chi connectivity index (χ0) is 18.9. The van der Waals surface area contributed by atoms with Crippen LogP contribution in [0.3, 0.4) is 0 Å². The molecule has 3 rings (SSSR count). The molecule has 0 aliphatic carbocycles. The topological polar surface area (TPSA) is 79.6 Å². The van der Waals surface area contributed by atoms with Gasteiger partial charge in [-0.05, 0) is 29.0 Å². The van der Waals surface area contributed by atoms with E-state index < -0.39 is 6.09 Å². The minimum Gasteiger partial charge on any atom is -0.530 e. The van der Waals surface area contributed by atoms with E-state index in [0.717, 1.165) is 23.1 Å². The van der Waals surface area contributed by atoms with Gasteiger partial charge in [0, 0.05) is 32.2 Å². The number of nitriles is 1. The maximum Gasteiger partial charge on any atom is 0.137 e. The monoisotopic (exact) mass is 356 g/mol. The van der Waals surface area contributed by atoms with E-state index in [1.54, 1.807) is 0 Å². The number of amides is 1. The number of ether oxygens (including phenoxy) is 1. The van der Waals surface area contributed by atoms with Gasteiger partial charge in [0.1, 0.15) is 6.09 Å². The Labute approximate surface area is 155 Å². The molecule has 2 heterocycles. The molecule has 1 fully saturated rings. The first-order valence-electron chi connectivity index (χ1n) is 9.14. The molecule has 0 radical (unpaired) electrons. The number of carbonyl (C=O) groups excluding carboxylic acids is 1. The van der Waals surface area contributed by atoms with Crippen LogP contribution in [-0.2, 0) is 11.2 Å². The number of hydrogen-bond donors (Lipinski definition) is 0. The second kappa shape index (κ2) is 7.26. The number of benzene rings is 1. The van der Waals surface area contributed by atoms with Gasteiger partial charge in [0.2, 0.25) is 0 Å². The predicted molar refractivity (Wildman–Crippen MR) is 95.3 cm³/mol. The summed E-state index contributed by atoms with van der Waals surface area (Å²) in [4.78, 5) is 15.2. The van der Waals surface area contributed by atoms with E-state index in [9.17, 15) is 15.2 Å². The summed E-state index contributed by atoms with van der Waals surface area (Å²) in [6, 6.07) is 7.97. The van der Waals surface area contributed by atoms with Crippen LogP contribution < -0.4 is 5.11 Å². The molecule has 6 nitrogen and oxygen atoms in total. The average Bonchev–Trinajstić information content (AvgIpc) is 2.60. The quantitative estimate of drug-likeness (QED) is 0.803. The van der Waals surface area contributed by atoms with Crippen LogP contribution in [0.5, 0.6) is 0 Å². The molecule has 0 aromatic heterocycles. The number of nitrogens with zero attached hydrogens (tertiary/aromatic N) is 3. The highest BCUT2D eigenvalue weighted by Gasteiger charge is 2.36. The Morgan fingerprint density at radius 1 is 1.38 bits per heavy atom. The van der Waals surface area contributed by atoms with Crippen LogP contribution in [0.15, 0.2) is 18.2 Å². The molecule has 0 spiro atoms. The van der Waals surface area contributed by atoms with Gasteiger partial charge in [-0.2, -0.15) is 5.26 Å². The van der Waals surface area contributed by atoms with Crippen molar-refractivity contribution in [2.75, 3.05) is 32.8 Å². The summed E-state index contributed by atoms with van der Waals surface area (Å²) < 4.78 is 6.01. The Bertz CT molecular complexity index is 720. The fraction of sp³-hybridized carbons (Fsp3) is 0.600. The molecule has 26 heavy (non-hydrogen) atoms. The van der Waals surface area contributed by atoms with Crippen LogP contribution in [-0.4, -0.2) is 54.7 Å². The van der Waals surface area contributed by atoms with Gasteiger partial charge in [-0.3, -0.25) is 4.90 Å². The van der Waals surface area contributed by atoms with Crippen LogP contribution in [0.2, 0.25) is 0 Å². The molecule has 1 saturated heterocycles. The van der Waals surface area contributed by atoms with Gasteiger partial charge in [0.25, 0.3) is 0 Å². The van der Waals surface area contributed by atoms with Crippen molar-refractivity contribution in [2.24, 2.45) is 5.41 Å². The van der Waals surface area contributed by atoms with Crippen molar-refractivity contribution < 1.29 is 14.6 Å². The average molecular weight is 356 g/mol. The molecular formula is C20H26N3O3-. The Morgan fingerprint density at radius 3 is 2.81 bits per heavy atom. The molecule has 2 aliphatic heterocycles. The highest BCUT2D eigenvalue weighted by atomic mass is 16.5. The van der Waals surface area contributed by atoms with Gasteiger partial charge in [-0.15, -0.1) is 0 Å². The van der Waals surface area contributed by atoms with Crippen molar-refractivity contribution in [2.45, 2.75) is 39.3 Å². The number of carbonyl (C=O) groups is 1. The lowest BCUT2D eigenvalue weighted by atomic mass is 9.84. The summed E-state index contributed by atoms with van der Waals surface area (Å²) in [5, 5.41) is 20.8. The molecule has 140 valence electrons. The summed E-state index contributed by atoms with van der Waals surface area (Å²) >= 11 is 0. The van der Waals surface area contributed by atoms with Gasteiger partial charge in [0.05, 0.1) is 24.3 Å². The smallest absolute Gasteiger partial charge is 0.137 e.